The van der Waals surface area contributed by atoms with Crippen molar-refractivity contribution >= 4 is 6.03 Å². The largest absolute Gasteiger partial charge is 0.338 e. The first-order valence-electron chi connectivity index (χ1n) is 7.09. The van der Waals surface area contributed by atoms with Crippen molar-refractivity contribution in [3.8, 4) is 0 Å². The van der Waals surface area contributed by atoms with Gasteiger partial charge in [0.05, 0.1) is 0 Å². The van der Waals surface area contributed by atoms with Crippen molar-refractivity contribution in [2.24, 2.45) is 0 Å². The highest BCUT2D eigenvalue weighted by atomic mass is 16.2. The van der Waals surface area contributed by atoms with Gasteiger partial charge in [-0.15, -0.1) is 0 Å². The van der Waals surface area contributed by atoms with Gasteiger partial charge in [-0.3, -0.25) is 0 Å². The van der Waals surface area contributed by atoms with E-state index in [0.717, 1.165) is 19.3 Å². The number of hydrogen-bond donors (Lipinski definition) is 2. The van der Waals surface area contributed by atoms with Gasteiger partial charge in [0.1, 0.15) is 0 Å². The summed E-state index contributed by atoms with van der Waals surface area (Å²) in [6, 6.07) is 9.06. The van der Waals surface area contributed by atoms with Crippen LogP contribution in [0.4, 0.5) is 4.79 Å². The van der Waals surface area contributed by atoms with E-state index in [1.807, 2.05) is 0 Å². The monoisotopic (exact) mass is 260 g/mol. The molecular formula is C16H24N2O. The van der Waals surface area contributed by atoms with E-state index in [9.17, 15) is 4.79 Å². The fourth-order valence-corrected chi connectivity index (χ4v) is 1.96. The zero-order valence-corrected chi connectivity index (χ0v) is 12.1. The highest BCUT2D eigenvalue weighted by Crippen LogP contribution is 2.22. The van der Waals surface area contributed by atoms with Gasteiger partial charge in [-0.05, 0) is 35.8 Å². The molecule has 0 radical (unpaired) electrons. The molecule has 0 aliphatic heterocycles. The van der Waals surface area contributed by atoms with Crippen molar-refractivity contribution in [2.45, 2.75) is 51.5 Å². The molecule has 0 aromatic heterocycles. The molecular weight excluding hydrogens is 236 g/mol. The molecule has 2 N–H and O–H groups in total. The van der Waals surface area contributed by atoms with E-state index in [-0.39, 0.29) is 11.4 Å². The molecule has 2 rings (SSSR count). The van der Waals surface area contributed by atoms with Crippen molar-refractivity contribution in [1.82, 2.24) is 10.6 Å². The van der Waals surface area contributed by atoms with Gasteiger partial charge in [-0.25, -0.2) is 4.79 Å². The molecule has 0 bridgehead atoms. The molecule has 0 atom stereocenters. The average Bonchev–Trinajstić information content (AvgIpc) is 3.12. The molecule has 1 fully saturated rings. The summed E-state index contributed by atoms with van der Waals surface area (Å²) in [6.45, 7) is 7.33. The van der Waals surface area contributed by atoms with Crippen molar-refractivity contribution in [3.05, 3.63) is 35.4 Å². The van der Waals surface area contributed by atoms with Crippen LogP contribution in [0.5, 0.6) is 0 Å². The Labute approximate surface area is 115 Å². The van der Waals surface area contributed by atoms with Gasteiger partial charge < -0.3 is 10.6 Å². The van der Waals surface area contributed by atoms with Crippen LogP contribution in [0.15, 0.2) is 24.3 Å². The minimum absolute atomic E-state index is 0.0335. The number of hydrogen-bond acceptors (Lipinski definition) is 1. The molecule has 19 heavy (non-hydrogen) atoms. The molecule has 1 aliphatic carbocycles. The first kappa shape index (κ1) is 13.9. The van der Waals surface area contributed by atoms with Gasteiger partial charge in [0, 0.05) is 12.6 Å². The lowest BCUT2D eigenvalue weighted by Gasteiger charge is -2.19. The van der Waals surface area contributed by atoms with Crippen LogP contribution < -0.4 is 10.6 Å². The zero-order valence-electron chi connectivity index (χ0n) is 12.1. The van der Waals surface area contributed by atoms with E-state index < -0.39 is 0 Å². The second-order valence-electron chi connectivity index (χ2n) is 6.37. The zero-order chi connectivity index (χ0) is 13.9. The normalized spacial score (nSPS) is 15.1. The third-order valence-corrected chi connectivity index (χ3v) is 3.43. The van der Waals surface area contributed by atoms with Gasteiger partial charge >= 0.3 is 6.03 Å². The van der Waals surface area contributed by atoms with E-state index in [4.69, 9.17) is 0 Å². The second kappa shape index (κ2) is 5.64. The predicted molar refractivity (Wildman–Crippen MR) is 78.4 cm³/mol. The summed E-state index contributed by atoms with van der Waals surface area (Å²) in [5.74, 6) is 0. The fraction of sp³-hybridized carbons (Fsp3) is 0.562. The standard InChI is InChI=1S/C16H24N2O/c1-16(2,3)13-6-4-12(5-7-13)10-11-17-15(19)18-14-8-9-14/h4-7,14H,8-11H2,1-3H3,(H2,17,18,19). The number of carbonyl (C=O) groups is 1. The smallest absolute Gasteiger partial charge is 0.315 e. The summed E-state index contributed by atoms with van der Waals surface area (Å²) in [7, 11) is 0. The van der Waals surface area contributed by atoms with Crippen LogP contribution in [0.25, 0.3) is 0 Å². The molecule has 1 aliphatic rings. The number of amides is 2. The van der Waals surface area contributed by atoms with Crippen LogP contribution in [0, 0.1) is 0 Å². The van der Waals surface area contributed by atoms with Gasteiger partial charge in [-0.2, -0.15) is 0 Å². The Morgan fingerprint density at radius 3 is 2.37 bits per heavy atom. The lowest BCUT2D eigenvalue weighted by molar-refractivity contribution is 0.240. The Hall–Kier alpha value is -1.51. The minimum atomic E-state index is -0.0335. The van der Waals surface area contributed by atoms with Gasteiger partial charge in [-0.1, -0.05) is 45.0 Å². The molecule has 1 saturated carbocycles. The molecule has 3 heteroatoms. The maximum atomic E-state index is 11.4. The van der Waals surface area contributed by atoms with E-state index >= 15 is 0 Å². The maximum Gasteiger partial charge on any atom is 0.315 e. The summed E-state index contributed by atoms with van der Waals surface area (Å²) in [4.78, 5) is 11.4. The van der Waals surface area contributed by atoms with Gasteiger partial charge in [0.15, 0.2) is 0 Å². The van der Waals surface area contributed by atoms with Crippen LogP contribution in [-0.4, -0.2) is 18.6 Å². The number of carbonyl (C=O) groups excluding carboxylic acids is 1. The minimum Gasteiger partial charge on any atom is -0.338 e. The Kier molecular flexibility index (Phi) is 4.13. The van der Waals surface area contributed by atoms with Crippen LogP contribution in [0.2, 0.25) is 0 Å². The average molecular weight is 260 g/mol. The number of rotatable bonds is 4. The van der Waals surface area contributed by atoms with E-state index in [2.05, 4.69) is 55.7 Å². The Morgan fingerprint density at radius 1 is 1.21 bits per heavy atom. The summed E-state index contributed by atoms with van der Waals surface area (Å²) < 4.78 is 0. The second-order valence-corrected chi connectivity index (χ2v) is 6.37. The maximum absolute atomic E-state index is 11.4. The summed E-state index contributed by atoms with van der Waals surface area (Å²) >= 11 is 0. The molecule has 1 aromatic carbocycles. The molecule has 3 nitrogen and oxygen atoms in total. The lowest BCUT2D eigenvalue weighted by Crippen LogP contribution is -2.37. The molecule has 1 aromatic rings. The molecule has 0 spiro atoms. The summed E-state index contributed by atoms with van der Waals surface area (Å²) in [5, 5.41) is 5.82. The SMILES string of the molecule is CC(C)(C)c1ccc(CCNC(=O)NC2CC2)cc1. The molecule has 0 heterocycles. The van der Waals surface area contributed by atoms with Crippen LogP contribution in [-0.2, 0) is 11.8 Å². The van der Waals surface area contributed by atoms with Gasteiger partial charge in [0.25, 0.3) is 0 Å². The van der Waals surface area contributed by atoms with Gasteiger partial charge in [0.2, 0.25) is 0 Å². The Balaban J connectivity index is 1.74. The fourth-order valence-electron chi connectivity index (χ4n) is 1.96. The lowest BCUT2D eigenvalue weighted by atomic mass is 9.86. The summed E-state index contributed by atoms with van der Waals surface area (Å²) in [6.07, 6.45) is 3.13. The first-order chi connectivity index (χ1) is 8.95. The van der Waals surface area contributed by atoms with E-state index in [1.165, 1.54) is 11.1 Å². The predicted octanol–water partition coefficient (Wildman–Crippen LogP) is 2.99. The van der Waals surface area contributed by atoms with Crippen molar-refractivity contribution in [2.75, 3.05) is 6.54 Å². The Bertz CT molecular complexity index is 427. The van der Waals surface area contributed by atoms with Crippen molar-refractivity contribution in [1.29, 1.82) is 0 Å². The van der Waals surface area contributed by atoms with Crippen molar-refractivity contribution in [3.63, 3.8) is 0 Å². The van der Waals surface area contributed by atoms with E-state index in [1.54, 1.807) is 0 Å². The number of benzene rings is 1. The third-order valence-electron chi connectivity index (χ3n) is 3.43. The molecule has 104 valence electrons. The first-order valence-corrected chi connectivity index (χ1v) is 7.09. The Morgan fingerprint density at radius 2 is 1.84 bits per heavy atom. The molecule has 2 amide bonds. The van der Waals surface area contributed by atoms with Crippen LogP contribution >= 0.6 is 0 Å². The quantitative estimate of drug-likeness (QED) is 0.858. The highest BCUT2D eigenvalue weighted by molar-refractivity contribution is 5.74. The number of urea groups is 1. The third kappa shape index (κ3) is 4.58. The number of nitrogens with one attached hydrogen (secondary N) is 2. The van der Waals surface area contributed by atoms with Crippen molar-refractivity contribution < 1.29 is 4.79 Å². The van der Waals surface area contributed by atoms with E-state index in [0.29, 0.717) is 12.6 Å². The topological polar surface area (TPSA) is 41.1 Å². The summed E-state index contributed by atoms with van der Waals surface area (Å²) in [5.41, 5.74) is 2.80. The molecule has 0 saturated heterocycles. The molecule has 0 unspecified atom stereocenters. The highest BCUT2D eigenvalue weighted by Gasteiger charge is 2.22. The van der Waals surface area contributed by atoms with Crippen LogP contribution in [0.3, 0.4) is 0 Å². The van der Waals surface area contributed by atoms with Crippen LogP contribution in [0.1, 0.15) is 44.7 Å².